The van der Waals surface area contributed by atoms with Crippen molar-refractivity contribution in [3.63, 3.8) is 0 Å². The van der Waals surface area contributed by atoms with Gasteiger partial charge in [-0.25, -0.2) is 0 Å². The van der Waals surface area contributed by atoms with Gasteiger partial charge in [0, 0.05) is 6.04 Å². The molecule has 0 radical (unpaired) electrons. The van der Waals surface area contributed by atoms with Crippen molar-refractivity contribution in [3.05, 3.63) is 23.8 Å². The van der Waals surface area contributed by atoms with Gasteiger partial charge in [0.05, 0.1) is 6.10 Å². The summed E-state index contributed by atoms with van der Waals surface area (Å²) in [6.45, 7) is 2.15. The summed E-state index contributed by atoms with van der Waals surface area (Å²) in [4.78, 5) is 2.15. The summed E-state index contributed by atoms with van der Waals surface area (Å²) >= 11 is 0. The zero-order chi connectivity index (χ0) is 13.8. The first-order valence-corrected chi connectivity index (χ1v) is 7.24. The van der Waals surface area contributed by atoms with Crippen molar-refractivity contribution >= 4 is 0 Å². The molecule has 1 aromatic carbocycles. The molecule has 1 aromatic rings. The first kappa shape index (κ1) is 14.2. The Balaban J connectivity index is 2.12. The molecule has 0 heterocycles. The molecule has 3 heteroatoms. The Morgan fingerprint density at radius 2 is 1.89 bits per heavy atom. The number of aromatic hydroxyl groups is 1. The van der Waals surface area contributed by atoms with Crippen LogP contribution in [0.4, 0.5) is 0 Å². The largest absolute Gasteiger partial charge is 0.504 e. The highest BCUT2D eigenvalue weighted by Gasteiger charge is 2.18. The zero-order valence-corrected chi connectivity index (χ0v) is 12.2. The summed E-state index contributed by atoms with van der Waals surface area (Å²) in [7, 11) is 4.11. The Kier molecular flexibility index (Phi) is 4.70. The van der Waals surface area contributed by atoms with Crippen LogP contribution < -0.4 is 4.74 Å². The van der Waals surface area contributed by atoms with Gasteiger partial charge in [0.25, 0.3) is 0 Å². The van der Waals surface area contributed by atoms with E-state index < -0.39 is 0 Å². The van der Waals surface area contributed by atoms with Crippen LogP contribution in [0.15, 0.2) is 18.2 Å². The summed E-state index contributed by atoms with van der Waals surface area (Å²) in [5.41, 5.74) is 1.17. The van der Waals surface area contributed by atoms with Crippen LogP contribution >= 0.6 is 0 Å². The van der Waals surface area contributed by atoms with Crippen molar-refractivity contribution in [2.75, 3.05) is 14.1 Å². The lowest BCUT2D eigenvalue weighted by Gasteiger charge is -2.25. The summed E-state index contributed by atoms with van der Waals surface area (Å²) in [5, 5.41) is 9.95. The average Bonchev–Trinajstić information content (AvgIpc) is 2.41. The number of hydrogen-bond acceptors (Lipinski definition) is 3. The Bertz CT molecular complexity index is 411. The van der Waals surface area contributed by atoms with Crippen molar-refractivity contribution < 1.29 is 9.84 Å². The summed E-state index contributed by atoms with van der Waals surface area (Å²) in [6, 6.07) is 6.00. The van der Waals surface area contributed by atoms with Gasteiger partial charge < -0.3 is 14.7 Å². The second kappa shape index (κ2) is 6.29. The van der Waals surface area contributed by atoms with E-state index in [1.54, 1.807) is 6.07 Å². The number of hydrogen-bond donors (Lipinski definition) is 1. The van der Waals surface area contributed by atoms with Crippen LogP contribution in [-0.4, -0.2) is 30.2 Å². The molecule has 1 atom stereocenters. The zero-order valence-electron chi connectivity index (χ0n) is 12.2. The van der Waals surface area contributed by atoms with Crippen molar-refractivity contribution in [3.8, 4) is 11.5 Å². The fourth-order valence-corrected chi connectivity index (χ4v) is 2.55. The standard InChI is InChI=1S/C16H25NO2/c1-12(17(2)3)13-9-10-15(18)16(11-13)19-14-7-5-4-6-8-14/h9-12,14,18H,4-8H2,1-3H3. The highest BCUT2D eigenvalue weighted by molar-refractivity contribution is 5.42. The van der Waals surface area contributed by atoms with Gasteiger partial charge in [-0.1, -0.05) is 12.5 Å². The van der Waals surface area contributed by atoms with Crippen LogP contribution in [0.3, 0.4) is 0 Å². The van der Waals surface area contributed by atoms with Gasteiger partial charge in [0.2, 0.25) is 0 Å². The molecule has 1 unspecified atom stereocenters. The van der Waals surface area contributed by atoms with Gasteiger partial charge in [-0.05, 0) is 64.4 Å². The molecule has 0 amide bonds. The summed E-state index contributed by atoms with van der Waals surface area (Å²) < 4.78 is 5.99. The molecule has 106 valence electrons. The second-order valence-electron chi connectivity index (χ2n) is 5.74. The average molecular weight is 263 g/mol. The molecule has 19 heavy (non-hydrogen) atoms. The van der Waals surface area contributed by atoms with Gasteiger partial charge in [-0.2, -0.15) is 0 Å². The Hall–Kier alpha value is -1.22. The van der Waals surface area contributed by atoms with Gasteiger partial charge in [0.1, 0.15) is 0 Å². The molecule has 0 saturated heterocycles. The Morgan fingerprint density at radius 1 is 1.21 bits per heavy atom. The van der Waals surface area contributed by atoms with E-state index in [4.69, 9.17) is 4.74 Å². The molecule has 1 saturated carbocycles. The van der Waals surface area contributed by atoms with Crippen molar-refractivity contribution in [1.82, 2.24) is 4.90 Å². The van der Waals surface area contributed by atoms with Crippen LogP contribution in [-0.2, 0) is 0 Å². The first-order valence-electron chi connectivity index (χ1n) is 7.24. The van der Waals surface area contributed by atoms with E-state index in [1.807, 2.05) is 12.1 Å². The lowest BCUT2D eigenvalue weighted by molar-refractivity contribution is 0.149. The quantitative estimate of drug-likeness (QED) is 0.898. The monoisotopic (exact) mass is 263 g/mol. The van der Waals surface area contributed by atoms with Crippen LogP contribution in [0, 0.1) is 0 Å². The maximum Gasteiger partial charge on any atom is 0.161 e. The molecule has 1 fully saturated rings. The fourth-order valence-electron chi connectivity index (χ4n) is 2.55. The van der Waals surface area contributed by atoms with Gasteiger partial charge in [0.15, 0.2) is 11.5 Å². The molecule has 0 bridgehead atoms. The van der Waals surface area contributed by atoms with E-state index in [9.17, 15) is 5.11 Å². The molecule has 1 N–H and O–H groups in total. The molecule has 1 aliphatic rings. The lowest BCUT2D eigenvalue weighted by Crippen LogP contribution is -2.20. The van der Waals surface area contributed by atoms with Crippen molar-refractivity contribution in [1.29, 1.82) is 0 Å². The van der Waals surface area contributed by atoms with Crippen LogP contribution in [0.5, 0.6) is 11.5 Å². The smallest absolute Gasteiger partial charge is 0.161 e. The molecule has 2 rings (SSSR count). The van der Waals surface area contributed by atoms with Gasteiger partial charge in [-0.3, -0.25) is 0 Å². The first-order chi connectivity index (χ1) is 9.08. The minimum absolute atomic E-state index is 0.250. The Morgan fingerprint density at radius 3 is 2.53 bits per heavy atom. The number of phenolic OH excluding ortho intramolecular Hbond substituents is 1. The maximum atomic E-state index is 9.95. The number of phenols is 1. The van der Waals surface area contributed by atoms with E-state index in [0.717, 1.165) is 12.8 Å². The molecule has 0 spiro atoms. The van der Waals surface area contributed by atoms with Crippen molar-refractivity contribution in [2.45, 2.75) is 51.2 Å². The molecular formula is C16H25NO2. The van der Waals surface area contributed by atoms with Crippen LogP contribution in [0.25, 0.3) is 0 Å². The highest BCUT2D eigenvalue weighted by Crippen LogP contribution is 2.33. The maximum absolute atomic E-state index is 9.95. The minimum atomic E-state index is 0.250. The SMILES string of the molecule is CC(c1ccc(O)c(OC2CCCCC2)c1)N(C)C. The molecule has 0 aromatic heterocycles. The minimum Gasteiger partial charge on any atom is -0.504 e. The number of rotatable bonds is 4. The van der Waals surface area contributed by atoms with Gasteiger partial charge >= 0.3 is 0 Å². The Labute approximate surface area is 116 Å². The van der Waals surface area contributed by atoms with E-state index in [-0.39, 0.29) is 11.9 Å². The van der Waals surface area contributed by atoms with E-state index >= 15 is 0 Å². The van der Waals surface area contributed by atoms with E-state index in [1.165, 1.54) is 24.8 Å². The predicted octanol–water partition coefficient (Wildman–Crippen LogP) is 3.73. The van der Waals surface area contributed by atoms with Crippen LogP contribution in [0.1, 0.15) is 50.6 Å². The number of nitrogens with zero attached hydrogens (tertiary/aromatic N) is 1. The fraction of sp³-hybridized carbons (Fsp3) is 0.625. The molecule has 0 aliphatic heterocycles. The third-order valence-corrected chi connectivity index (χ3v) is 4.09. The number of benzene rings is 1. The molecule has 3 nitrogen and oxygen atoms in total. The third-order valence-electron chi connectivity index (χ3n) is 4.09. The number of ether oxygens (including phenoxy) is 1. The highest BCUT2D eigenvalue weighted by atomic mass is 16.5. The molecular weight excluding hydrogens is 238 g/mol. The predicted molar refractivity (Wildman–Crippen MR) is 77.7 cm³/mol. The summed E-state index contributed by atoms with van der Waals surface area (Å²) in [5.74, 6) is 0.887. The van der Waals surface area contributed by atoms with E-state index in [0.29, 0.717) is 11.8 Å². The van der Waals surface area contributed by atoms with Gasteiger partial charge in [-0.15, -0.1) is 0 Å². The normalized spacial score (nSPS) is 18.5. The van der Waals surface area contributed by atoms with Crippen LogP contribution in [0.2, 0.25) is 0 Å². The summed E-state index contributed by atoms with van der Waals surface area (Å²) in [6.07, 6.45) is 6.26. The second-order valence-corrected chi connectivity index (χ2v) is 5.74. The third kappa shape index (κ3) is 3.63. The van der Waals surface area contributed by atoms with Crippen molar-refractivity contribution in [2.24, 2.45) is 0 Å². The topological polar surface area (TPSA) is 32.7 Å². The lowest BCUT2D eigenvalue weighted by atomic mass is 9.97. The van der Waals surface area contributed by atoms with E-state index in [2.05, 4.69) is 25.9 Å². The molecule has 1 aliphatic carbocycles.